The summed E-state index contributed by atoms with van der Waals surface area (Å²) in [6, 6.07) is 15.3. The van der Waals surface area contributed by atoms with Crippen molar-refractivity contribution in [3.63, 3.8) is 0 Å². The Labute approximate surface area is 135 Å². The molecule has 0 saturated heterocycles. The Hall–Kier alpha value is -2.82. The zero-order valence-corrected chi connectivity index (χ0v) is 13.3. The highest BCUT2D eigenvalue weighted by molar-refractivity contribution is 5.81. The lowest BCUT2D eigenvalue weighted by Crippen LogP contribution is -2.26. The van der Waals surface area contributed by atoms with Gasteiger partial charge in [-0.1, -0.05) is 41.6 Å². The average molecular weight is 312 g/mol. The minimum atomic E-state index is -0.220. The number of rotatable bonds is 7. The Morgan fingerprint density at radius 1 is 1.17 bits per heavy atom. The smallest absolute Gasteiger partial charge is 0.261 e. The normalized spacial score (nSPS) is 10.5. The molecule has 0 atom stereocenters. The average Bonchev–Trinajstić information content (AvgIpc) is 2.59. The molecule has 0 aliphatic rings. The molecule has 0 aromatic heterocycles. The van der Waals surface area contributed by atoms with E-state index in [0.717, 1.165) is 22.4 Å². The quantitative estimate of drug-likeness (QED) is 0.631. The van der Waals surface area contributed by atoms with Crippen molar-refractivity contribution in [3.8, 4) is 5.75 Å². The standard InChI is InChI=1S/C18H20N2O3/c1-14-5-3-4-6-16(14)12-20-23-13-18(21)19-11-15-7-9-17(22-2)10-8-15/h3-10,12H,11,13H2,1-2H3,(H,19,21)/b20-12-. The van der Waals surface area contributed by atoms with Crippen LogP contribution in [-0.4, -0.2) is 25.8 Å². The minimum absolute atomic E-state index is 0.113. The lowest BCUT2D eigenvalue weighted by atomic mass is 10.1. The van der Waals surface area contributed by atoms with E-state index < -0.39 is 0 Å². The van der Waals surface area contributed by atoms with Crippen LogP contribution in [0.4, 0.5) is 0 Å². The van der Waals surface area contributed by atoms with E-state index in [4.69, 9.17) is 9.57 Å². The highest BCUT2D eigenvalue weighted by Crippen LogP contribution is 2.10. The molecule has 0 saturated carbocycles. The van der Waals surface area contributed by atoms with Gasteiger partial charge in [0.25, 0.3) is 5.91 Å². The predicted molar refractivity (Wildman–Crippen MR) is 89.6 cm³/mol. The predicted octanol–water partition coefficient (Wildman–Crippen LogP) is 2.67. The van der Waals surface area contributed by atoms with Gasteiger partial charge in [0.15, 0.2) is 6.61 Å². The van der Waals surface area contributed by atoms with E-state index in [-0.39, 0.29) is 12.5 Å². The molecule has 1 amide bonds. The molecule has 0 bridgehead atoms. The van der Waals surface area contributed by atoms with Crippen molar-refractivity contribution in [2.24, 2.45) is 5.16 Å². The molecular formula is C18H20N2O3. The first-order valence-electron chi connectivity index (χ1n) is 7.29. The van der Waals surface area contributed by atoms with Crippen molar-refractivity contribution in [3.05, 3.63) is 65.2 Å². The maximum atomic E-state index is 11.7. The van der Waals surface area contributed by atoms with Crippen molar-refractivity contribution >= 4 is 12.1 Å². The summed E-state index contributed by atoms with van der Waals surface area (Å²) >= 11 is 0. The second-order valence-electron chi connectivity index (χ2n) is 4.99. The van der Waals surface area contributed by atoms with Gasteiger partial charge < -0.3 is 14.9 Å². The van der Waals surface area contributed by atoms with Gasteiger partial charge in [0, 0.05) is 6.54 Å². The van der Waals surface area contributed by atoms with Crippen molar-refractivity contribution in [1.82, 2.24) is 5.32 Å². The number of carbonyl (C=O) groups is 1. The topological polar surface area (TPSA) is 59.9 Å². The summed E-state index contributed by atoms with van der Waals surface area (Å²) < 4.78 is 5.08. The molecule has 5 nitrogen and oxygen atoms in total. The van der Waals surface area contributed by atoms with Gasteiger partial charge in [-0.15, -0.1) is 0 Å². The van der Waals surface area contributed by atoms with Crippen molar-refractivity contribution < 1.29 is 14.4 Å². The first-order valence-corrected chi connectivity index (χ1v) is 7.29. The van der Waals surface area contributed by atoms with Gasteiger partial charge in [-0.2, -0.15) is 0 Å². The van der Waals surface area contributed by atoms with E-state index in [1.165, 1.54) is 0 Å². The maximum absolute atomic E-state index is 11.7. The van der Waals surface area contributed by atoms with E-state index in [1.807, 2.05) is 55.5 Å². The molecule has 120 valence electrons. The Morgan fingerprint density at radius 2 is 1.91 bits per heavy atom. The number of nitrogens with zero attached hydrogens (tertiary/aromatic N) is 1. The molecule has 0 heterocycles. The third-order valence-electron chi connectivity index (χ3n) is 3.30. The zero-order valence-electron chi connectivity index (χ0n) is 13.3. The third kappa shape index (κ3) is 5.47. The number of nitrogens with one attached hydrogen (secondary N) is 1. The van der Waals surface area contributed by atoms with Crippen LogP contribution in [0.1, 0.15) is 16.7 Å². The molecule has 1 N–H and O–H groups in total. The van der Waals surface area contributed by atoms with Crippen LogP contribution >= 0.6 is 0 Å². The molecule has 23 heavy (non-hydrogen) atoms. The second kappa shape index (κ2) is 8.58. The second-order valence-corrected chi connectivity index (χ2v) is 4.99. The van der Waals surface area contributed by atoms with Gasteiger partial charge in [-0.25, -0.2) is 0 Å². The number of ether oxygens (including phenoxy) is 1. The number of oxime groups is 1. The molecule has 0 unspecified atom stereocenters. The summed E-state index contributed by atoms with van der Waals surface area (Å²) in [7, 11) is 1.62. The highest BCUT2D eigenvalue weighted by Gasteiger charge is 2.02. The Bertz CT molecular complexity index is 666. The van der Waals surface area contributed by atoms with E-state index >= 15 is 0 Å². The summed E-state index contributed by atoms with van der Waals surface area (Å²) in [5.41, 5.74) is 3.05. The number of methoxy groups -OCH3 is 1. The number of carbonyl (C=O) groups excluding carboxylic acids is 1. The number of hydrogen-bond donors (Lipinski definition) is 1. The molecule has 2 rings (SSSR count). The number of benzene rings is 2. The Balaban J connectivity index is 1.71. The van der Waals surface area contributed by atoms with Crippen LogP contribution in [0.15, 0.2) is 53.7 Å². The molecule has 0 radical (unpaired) electrons. The minimum Gasteiger partial charge on any atom is -0.497 e. The monoisotopic (exact) mass is 312 g/mol. The van der Waals surface area contributed by atoms with Crippen molar-refractivity contribution in [2.75, 3.05) is 13.7 Å². The number of hydrogen-bond acceptors (Lipinski definition) is 4. The fourth-order valence-corrected chi connectivity index (χ4v) is 1.92. The fraction of sp³-hybridized carbons (Fsp3) is 0.222. The lowest BCUT2D eigenvalue weighted by Gasteiger charge is -2.05. The molecule has 0 fully saturated rings. The van der Waals surface area contributed by atoms with Crippen LogP contribution < -0.4 is 10.1 Å². The zero-order chi connectivity index (χ0) is 16.5. The van der Waals surface area contributed by atoms with Gasteiger partial charge in [0.05, 0.1) is 13.3 Å². The van der Waals surface area contributed by atoms with Gasteiger partial charge in [-0.3, -0.25) is 4.79 Å². The lowest BCUT2D eigenvalue weighted by molar-refractivity contribution is -0.125. The maximum Gasteiger partial charge on any atom is 0.261 e. The number of amides is 1. The van der Waals surface area contributed by atoms with Crippen LogP contribution in [0.25, 0.3) is 0 Å². The van der Waals surface area contributed by atoms with E-state index in [1.54, 1.807) is 13.3 Å². The largest absolute Gasteiger partial charge is 0.497 e. The van der Waals surface area contributed by atoms with Crippen LogP contribution in [0, 0.1) is 6.92 Å². The van der Waals surface area contributed by atoms with Gasteiger partial charge in [-0.05, 0) is 35.7 Å². The fourth-order valence-electron chi connectivity index (χ4n) is 1.92. The van der Waals surface area contributed by atoms with Crippen molar-refractivity contribution in [2.45, 2.75) is 13.5 Å². The van der Waals surface area contributed by atoms with E-state index in [0.29, 0.717) is 6.54 Å². The molecule has 5 heteroatoms. The van der Waals surface area contributed by atoms with Crippen LogP contribution in [-0.2, 0) is 16.2 Å². The molecular weight excluding hydrogens is 292 g/mol. The summed E-state index contributed by atoms with van der Waals surface area (Å²) in [5.74, 6) is 0.566. The molecule has 2 aromatic carbocycles. The first kappa shape index (κ1) is 16.5. The summed E-state index contributed by atoms with van der Waals surface area (Å²) in [6.45, 7) is 2.31. The molecule has 2 aromatic rings. The van der Waals surface area contributed by atoms with E-state index in [9.17, 15) is 4.79 Å². The van der Waals surface area contributed by atoms with Gasteiger partial charge in [0.2, 0.25) is 0 Å². The Morgan fingerprint density at radius 3 is 2.61 bits per heavy atom. The summed E-state index contributed by atoms with van der Waals surface area (Å²) in [4.78, 5) is 16.7. The van der Waals surface area contributed by atoms with Crippen LogP contribution in [0.2, 0.25) is 0 Å². The molecule has 0 aliphatic heterocycles. The number of aryl methyl sites for hydroxylation is 1. The molecule has 0 aliphatic carbocycles. The Kier molecular flexibility index (Phi) is 6.17. The van der Waals surface area contributed by atoms with Crippen molar-refractivity contribution in [1.29, 1.82) is 0 Å². The highest BCUT2D eigenvalue weighted by atomic mass is 16.6. The third-order valence-corrected chi connectivity index (χ3v) is 3.30. The summed E-state index contributed by atoms with van der Waals surface area (Å²) in [5, 5.41) is 6.59. The van der Waals surface area contributed by atoms with Crippen LogP contribution in [0.3, 0.4) is 0 Å². The first-order chi connectivity index (χ1) is 11.2. The van der Waals surface area contributed by atoms with Crippen LogP contribution in [0.5, 0.6) is 5.75 Å². The molecule has 0 spiro atoms. The van der Waals surface area contributed by atoms with E-state index in [2.05, 4.69) is 10.5 Å². The van der Waals surface area contributed by atoms with Gasteiger partial charge >= 0.3 is 0 Å². The SMILES string of the molecule is COc1ccc(CNC(=O)CO/N=C\c2ccccc2C)cc1. The van der Waals surface area contributed by atoms with Gasteiger partial charge in [0.1, 0.15) is 5.75 Å². The summed E-state index contributed by atoms with van der Waals surface area (Å²) in [6.07, 6.45) is 1.60.